The summed E-state index contributed by atoms with van der Waals surface area (Å²) in [5.74, 6) is 1.09. The lowest BCUT2D eigenvalue weighted by molar-refractivity contribution is -0.0384. The molecule has 5 heterocycles. The highest BCUT2D eigenvalue weighted by atomic mass is 16.6. The monoisotopic (exact) mass is 453 g/mol. The second-order valence-corrected chi connectivity index (χ2v) is 10.7. The number of piperidine rings is 1. The Morgan fingerprint density at radius 2 is 2.00 bits per heavy atom. The van der Waals surface area contributed by atoms with Gasteiger partial charge in [-0.25, -0.2) is 19.4 Å². The molecule has 2 unspecified atom stereocenters. The SMILES string of the molecule is Cc1nc(-c2ccnn2C2CCCCO2)c2c(n1)[C@@H]1CCC(C)[C@H](C2)N1C(=O)OC(C)(C)C. The maximum Gasteiger partial charge on any atom is 0.411 e. The minimum atomic E-state index is -0.534. The highest BCUT2D eigenvalue weighted by Gasteiger charge is 2.47. The summed E-state index contributed by atoms with van der Waals surface area (Å²) >= 11 is 0. The van der Waals surface area contributed by atoms with Gasteiger partial charge in [0.15, 0.2) is 6.23 Å². The maximum absolute atomic E-state index is 13.3. The van der Waals surface area contributed by atoms with Gasteiger partial charge in [-0.05, 0) is 78.2 Å². The van der Waals surface area contributed by atoms with E-state index in [1.807, 2.05) is 49.5 Å². The topological polar surface area (TPSA) is 82.4 Å². The Balaban J connectivity index is 1.58. The summed E-state index contributed by atoms with van der Waals surface area (Å²) in [7, 11) is 0. The van der Waals surface area contributed by atoms with E-state index >= 15 is 0 Å². The van der Waals surface area contributed by atoms with Gasteiger partial charge < -0.3 is 9.47 Å². The number of aromatic nitrogens is 4. The summed E-state index contributed by atoms with van der Waals surface area (Å²) in [6, 6.07) is 2.01. The predicted octanol–water partition coefficient (Wildman–Crippen LogP) is 4.98. The molecule has 2 aromatic heterocycles. The van der Waals surface area contributed by atoms with Crippen molar-refractivity contribution in [3.63, 3.8) is 0 Å². The molecule has 3 aliphatic rings. The molecular weight excluding hydrogens is 418 g/mol. The molecule has 178 valence electrons. The Bertz CT molecular complexity index is 1040. The Labute approximate surface area is 195 Å². The van der Waals surface area contributed by atoms with Gasteiger partial charge in [-0.15, -0.1) is 0 Å². The zero-order chi connectivity index (χ0) is 23.3. The molecule has 5 rings (SSSR count). The van der Waals surface area contributed by atoms with Crippen molar-refractivity contribution in [3.8, 4) is 11.4 Å². The quantitative estimate of drug-likeness (QED) is 0.638. The first-order chi connectivity index (χ1) is 15.7. The fourth-order valence-electron chi connectivity index (χ4n) is 5.57. The molecule has 2 fully saturated rings. The number of nitrogens with zero attached hydrogens (tertiary/aromatic N) is 5. The molecule has 3 aliphatic heterocycles. The van der Waals surface area contributed by atoms with Crippen LogP contribution in [-0.2, 0) is 15.9 Å². The fourth-order valence-corrected chi connectivity index (χ4v) is 5.57. The number of aryl methyl sites for hydroxylation is 1. The first-order valence-electron chi connectivity index (χ1n) is 12.3. The van der Waals surface area contributed by atoms with Gasteiger partial charge in [0.1, 0.15) is 11.4 Å². The fraction of sp³-hybridized carbons (Fsp3) is 0.680. The summed E-state index contributed by atoms with van der Waals surface area (Å²) in [6.45, 7) is 10.7. The number of amides is 1. The third-order valence-electron chi connectivity index (χ3n) is 7.07. The van der Waals surface area contributed by atoms with E-state index in [2.05, 4.69) is 12.0 Å². The van der Waals surface area contributed by atoms with Crippen LogP contribution in [0.2, 0.25) is 0 Å². The average Bonchev–Trinajstić information content (AvgIpc) is 3.25. The van der Waals surface area contributed by atoms with Crippen molar-refractivity contribution in [3.05, 3.63) is 29.3 Å². The Morgan fingerprint density at radius 3 is 2.73 bits per heavy atom. The minimum Gasteiger partial charge on any atom is -0.444 e. The number of rotatable bonds is 2. The molecule has 2 bridgehead atoms. The van der Waals surface area contributed by atoms with Gasteiger partial charge in [-0.2, -0.15) is 5.10 Å². The van der Waals surface area contributed by atoms with Gasteiger partial charge in [0.25, 0.3) is 0 Å². The van der Waals surface area contributed by atoms with Crippen molar-refractivity contribution in [2.75, 3.05) is 6.61 Å². The van der Waals surface area contributed by atoms with Gasteiger partial charge in [-0.1, -0.05) is 6.92 Å². The van der Waals surface area contributed by atoms with Crippen molar-refractivity contribution in [2.24, 2.45) is 5.92 Å². The summed E-state index contributed by atoms with van der Waals surface area (Å²) in [5, 5.41) is 4.61. The molecular formula is C25H35N5O3. The van der Waals surface area contributed by atoms with Crippen LogP contribution in [0, 0.1) is 12.8 Å². The minimum absolute atomic E-state index is 0.0602. The number of fused-ring (bicyclic) bond motifs is 4. The average molecular weight is 454 g/mol. The van der Waals surface area contributed by atoms with Crippen molar-refractivity contribution in [2.45, 2.75) is 97.1 Å². The molecule has 8 nitrogen and oxygen atoms in total. The number of ether oxygens (including phenoxy) is 2. The Morgan fingerprint density at radius 1 is 1.18 bits per heavy atom. The molecule has 33 heavy (non-hydrogen) atoms. The second kappa shape index (κ2) is 8.38. The van der Waals surface area contributed by atoms with Gasteiger partial charge >= 0.3 is 6.09 Å². The normalized spacial score (nSPS) is 27.2. The number of carbonyl (C=O) groups is 1. The van der Waals surface area contributed by atoms with E-state index in [1.54, 1.807) is 0 Å². The molecule has 0 radical (unpaired) electrons. The van der Waals surface area contributed by atoms with E-state index in [9.17, 15) is 4.79 Å². The third-order valence-corrected chi connectivity index (χ3v) is 7.07. The highest BCUT2D eigenvalue weighted by Crippen LogP contribution is 2.46. The van der Waals surface area contributed by atoms with E-state index in [0.29, 0.717) is 11.7 Å². The van der Waals surface area contributed by atoms with Crippen LogP contribution in [0.3, 0.4) is 0 Å². The van der Waals surface area contributed by atoms with E-state index < -0.39 is 5.60 Å². The largest absolute Gasteiger partial charge is 0.444 e. The first-order valence-corrected chi connectivity index (χ1v) is 12.3. The van der Waals surface area contributed by atoms with Crippen molar-refractivity contribution >= 4 is 6.09 Å². The molecule has 0 N–H and O–H groups in total. The number of carbonyl (C=O) groups excluding carboxylic acids is 1. The summed E-state index contributed by atoms with van der Waals surface area (Å²) in [5.41, 5.74) is 3.47. The van der Waals surface area contributed by atoms with Crippen LogP contribution in [0.1, 0.15) is 89.2 Å². The lowest BCUT2D eigenvalue weighted by atomic mass is 9.76. The van der Waals surface area contributed by atoms with Crippen LogP contribution in [0.5, 0.6) is 0 Å². The Hall–Kier alpha value is -2.48. The zero-order valence-electron chi connectivity index (χ0n) is 20.4. The Kier molecular flexibility index (Phi) is 5.67. The van der Waals surface area contributed by atoms with Crippen LogP contribution >= 0.6 is 0 Å². The molecule has 8 heteroatoms. The molecule has 2 aromatic rings. The number of hydrogen-bond acceptors (Lipinski definition) is 6. The molecule has 2 saturated heterocycles. The van der Waals surface area contributed by atoms with Gasteiger partial charge in [0, 0.05) is 24.4 Å². The van der Waals surface area contributed by atoms with Crippen LogP contribution in [0.4, 0.5) is 4.79 Å². The second-order valence-electron chi connectivity index (χ2n) is 10.7. The molecule has 1 amide bonds. The van der Waals surface area contributed by atoms with Crippen molar-refractivity contribution in [1.29, 1.82) is 0 Å². The lowest BCUT2D eigenvalue weighted by Crippen LogP contribution is -2.54. The van der Waals surface area contributed by atoms with Gasteiger partial charge in [-0.3, -0.25) is 4.90 Å². The van der Waals surface area contributed by atoms with E-state index in [4.69, 9.17) is 19.4 Å². The predicted molar refractivity (Wildman–Crippen MR) is 124 cm³/mol. The standard InChI is InChI=1S/C25H35N5O3/c1-15-9-10-18-22-17(14-20(15)29(18)24(31)33-25(3,4)5)23(28-16(2)27-22)19-11-12-26-30(19)21-8-6-7-13-32-21/h11-12,15,18,20-21H,6-10,13-14H2,1-5H3/t15?,18-,20-,21?/m0/s1. The van der Waals surface area contributed by atoms with Crippen molar-refractivity contribution < 1.29 is 14.3 Å². The smallest absolute Gasteiger partial charge is 0.411 e. The summed E-state index contributed by atoms with van der Waals surface area (Å²) < 4.78 is 13.8. The van der Waals surface area contributed by atoms with Crippen LogP contribution in [-0.4, -0.2) is 49.0 Å². The lowest BCUT2D eigenvalue weighted by Gasteiger charge is -2.49. The van der Waals surface area contributed by atoms with E-state index in [0.717, 1.165) is 67.8 Å². The van der Waals surface area contributed by atoms with Crippen molar-refractivity contribution in [1.82, 2.24) is 24.6 Å². The van der Waals surface area contributed by atoms with Crippen LogP contribution in [0.15, 0.2) is 12.3 Å². The molecule has 0 aromatic carbocycles. The molecule has 0 aliphatic carbocycles. The van der Waals surface area contributed by atoms with Crippen LogP contribution in [0.25, 0.3) is 11.4 Å². The summed E-state index contributed by atoms with van der Waals surface area (Å²) in [6.07, 6.45) is 7.38. The maximum atomic E-state index is 13.3. The van der Waals surface area contributed by atoms with Gasteiger partial charge in [0.2, 0.25) is 0 Å². The molecule has 0 saturated carbocycles. The third kappa shape index (κ3) is 4.14. The van der Waals surface area contributed by atoms with Crippen LogP contribution < -0.4 is 0 Å². The number of hydrogen-bond donors (Lipinski definition) is 0. The first kappa shape index (κ1) is 22.3. The zero-order valence-corrected chi connectivity index (χ0v) is 20.4. The highest BCUT2D eigenvalue weighted by molar-refractivity contribution is 5.71. The van der Waals surface area contributed by atoms with Gasteiger partial charge in [0.05, 0.1) is 23.1 Å². The van der Waals surface area contributed by atoms with E-state index in [-0.39, 0.29) is 24.4 Å². The van der Waals surface area contributed by atoms with E-state index in [1.165, 1.54) is 0 Å². The summed E-state index contributed by atoms with van der Waals surface area (Å²) in [4.78, 5) is 25.0. The molecule has 0 spiro atoms. The molecule has 4 atom stereocenters.